The zero-order chi connectivity index (χ0) is 23.4. The van der Waals surface area contributed by atoms with Crippen molar-refractivity contribution in [1.82, 2.24) is 9.88 Å². The van der Waals surface area contributed by atoms with Crippen molar-refractivity contribution in [2.75, 3.05) is 31.1 Å². The van der Waals surface area contributed by atoms with Crippen LogP contribution < -0.4 is 14.4 Å². The predicted octanol–water partition coefficient (Wildman–Crippen LogP) is 5.87. The second kappa shape index (κ2) is 9.58. The first-order valence-corrected chi connectivity index (χ1v) is 10.4. The minimum absolute atomic E-state index is 0.0188. The van der Waals surface area contributed by atoms with Crippen LogP contribution in [0.3, 0.4) is 0 Å². The average Bonchev–Trinajstić information content (AvgIpc) is 2.80. The fourth-order valence-electron chi connectivity index (χ4n) is 3.29. The van der Waals surface area contributed by atoms with E-state index in [9.17, 15) is 18.0 Å². The molecule has 33 heavy (non-hydrogen) atoms. The maximum Gasteiger partial charge on any atom is 0.417 e. The van der Waals surface area contributed by atoms with Gasteiger partial charge in [-0.05, 0) is 48.5 Å². The van der Waals surface area contributed by atoms with Gasteiger partial charge in [0, 0.05) is 49.2 Å². The van der Waals surface area contributed by atoms with E-state index in [1.54, 1.807) is 29.2 Å². The van der Waals surface area contributed by atoms with E-state index in [0.717, 1.165) is 17.8 Å². The molecule has 1 aromatic heterocycles. The molecule has 2 heterocycles. The maximum absolute atomic E-state index is 12.6. The lowest BCUT2D eigenvalue weighted by atomic mass is 10.2. The van der Waals surface area contributed by atoms with Crippen LogP contribution in [0, 0.1) is 0 Å². The van der Waals surface area contributed by atoms with Gasteiger partial charge in [0.05, 0.1) is 5.56 Å². The number of ether oxygens (including phenoxy) is 2. The largest absolute Gasteiger partial charge is 0.439 e. The van der Waals surface area contributed by atoms with Gasteiger partial charge in [0.25, 0.3) is 0 Å². The standard InChI is InChI=1S/C23H19ClF3N3O3/c24-17-2-1-3-18(14-17)29-10-12-30(13-11-29)22(31)33-20-7-5-19(6-8-20)32-21-9-4-16(15-28-21)23(25,26)27/h1-9,14-15H,10-13H2. The number of hydrogen-bond donors (Lipinski definition) is 0. The van der Waals surface area contributed by atoms with Gasteiger partial charge in [0.15, 0.2) is 0 Å². The number of anilines is 1. The molecule has 4 rings (SSSR count). The van der Waals surface area contributed by atoms with E-state index in [1.165, 1.54) is 0 Å². The van der Waals surface area contributed by atoms with Gasteiger partial charge in [0.1, 0.15) is 11.5 Å². The Labute approximate surface area is 193 Å². The predicted molar refractivity (Wildman–Crippen MR) is 117 cm³/mol. The van der Waals surface area contributed by atoms with Crippen LogP contribution in [0.25, 0.3) is 0 Å². The molecule has 1 aliphatic heterocycles. The molecule has 10 heteroatoms. The van der Waals surface area contributed by atoms with Gasteiger partial charge < -0.3 is 19.3 Å². The van der Waals surface area contributed by atoms with E-state index in [0.29, 0.717) is 48.9 Å². The summed E-state index contributed by atoms with van der Waals surface area (Å²) in [7, 11) is 0. The fraction of sp³-hybridized carbons (Fsp3) is 0.217. The molecule has 1 fully saturated rings. The van der Waals surface area contributed by atoms with E-state index in [2.05, 4.69) is 9.88 Å². The Morgan fingerprint density at radius 1 is 0.939 bits per heavy atom. The molecule has 0 bridgehead atoms. The van der Waals surface area contributed by atoms with E-state index in [4.69, 9.17) is 21.1 Å². The number of aromatic nitrogens is 1. The molecule has 0 spiro atoms. The quantitative estimate of drug-likeness (QED) is 0.470. The Morgan fingerprint density at radius 3 is 2.24 bits per heavy atom. The zero-order valence-corrected chi connectivity index (χ0v) is 18.0. The van der Waals surface area contributed by atoms with Crippen LogP contribution in [-0.2, 0) is 6.18 Å². The number of benzene rings is 2. The molecular weight excluding hydrogens is 459 g/mol. The highest BCUT2D eigenvalue weighted by atomic mass is 35.5. The van der Waals surface area contributed by atoms with Crippen LogP contribution in [-0.4, -0.2) is 42.2 Å². The van der Waals surface area contributed by atoms with Crippen LogP contribution in [0.4, 0.5) is 23.7 Å². The molecule has 2 aromatic carbocycles. The first-order valence-electron chi connectivity index (χ1n) is 10.1. The molecule has 0 atom stereocenters. The first-order chi connectivity index (χ1) is 15.8. The summed E-state index contributed by atoms with van der Waals surface area (Å²) in [5.74, 6) is 0.688. The zero-order valence-electron chi connectivity index (χ0n) is 17.3. The number of amides is 1. The third-order valence-electron chi connectivity index (χ3n) is 5.03. The number of carbonyl (C=O) groups excluding carboxylic acids is 1. The highest BCUT2D eigenvalue weighted by Gasteiger charge is 2.30. The van der Waals surface area contributed by atoms with Crippen molar-refractivity contribution in [3.05, 3.63) is 77.4 Å². The van der Waals surface area contributed by atoms with Gasteiger partial charge in [-0.2, -0.15) is 13.2 Å². The third kappa shape index (κ3) is 5.87. The van der Waals surface area contributed by atoms with Crippen molar-refractivity contribution >= 4 is 23.4 Å². The lowest BCUT2D eigenvalue weighted by Gasteiger charge is -2.35. The lowest BCUT2D eigenvalue weighted by molar-refractivity contribution is -0.137. The number of carbonyl (C=O) groups is 1. The van der Waals surface area contributed by atoms with E-state index in [-0.39, 0.29) is 5.88 Å². The Hall–Kier alpha value is -3.46. The average molecular weight is 478 g/mol. The normalized spacial score (nSPS) is 14.2. The first kappa shape index (κ1) is 22.7. The Kier molecular flexibility index (Phi) is 6.60. The van der Waals surface area contributed by atoms with Gasteiger partial charge in [-0.3, -0.25) is 0 Å². The summed E-state index contributed by atoms with van der Waals surface area (Å²) < 4.78 is 48.7. The molecule has 0 radical (unpaired) electrons. The minimum atomic E-state index is -4.46. The number of nitrogens with zero attached hydrogens (tertiary/aromatic N) is 3. The summed E-state index contributed by atoms with van der Waals surface area (Å²) >= 11 is 6.05. The Morgan fingerprint density at radius 2 is 1.64 bits per heavy atom. The summed E-state index contributed by atoms with van der Waals surface area (Å²) in [6.07, 6.45) is -4.21. The van der Waals surface area contributed by atoms with Crippen molar-refractivity contribution in [3.8, 4) is 17.4 Å². The van der Waals surface area contributed by atoms with Crippen molar-refractivity contribution in [2.45, 2.75) is 6.18 Å². The summed E-state index contributed by atoms with van der Waals surface area (Å²) in [4.78, 5) is 19.9. The number of piperazine rings is 1. The minimum Gasteiger partial charge on any atom is -0.439 e. The Bertz CT molecular complexity index is 1100. The van der Waals surface area contributed by atoms with Crippen LogP contribution >= 0.6 is 11.6 Å². The number of rotatable bonds is 4. The fourth-order valence-corrected chi connectivity index (χ4v) is 3.47. The Balaban J connectivity index is 1.29. The van der Waals surface area contributed by atoms with E-state index in [1.807, 2.05) is 24.3 Å². The smallest absolute Gasteiger partial charge is 0.417 e. The molecule has 1 aliphatic rings. The van der Waals surface area contributed by atoms with Crippen LogP contribution in [0.15, 0.2) is 66.9 Å². The van der Waals surface area contributed by atoms with E-state index < -0.39 is 17.8 Å². The van der Waals surface area contributed by atoms with Gasteiger partial charge in [-0.15, -0.1) is 0 Å². The molecule has 0 saturated carbocycles. The monoisotopic (exact) mass is 477 g/mol. The van der Waals surface area contributed by atoms with Crippen molar-refractivity contribution in [2.24, 2.45) is 0 Å². The molecule has 1 amide bonds. The molecule has 1 saturated heterocycles. The van der Waals surface area contributed by atoms with Crippen LogP contribution in [0.2, 0.25) is 5.02 Å². The SMILES string of the molecule is O=C(Oc1ccc(Oc2ccc(C(F)(F)F)cn2)cc1)N1CCN(c2cccc(Cl)c2)CC1. The summed E-state index contributed by atoms with van der Waals surface area (Å²) in [6.45, 7) is 2.32. The lowest BCUT2D eigenvalue weighted by Crippen LogP contribution is -2.49. The third-order valence-corrected chi connectivity index (χ3v) is 5.26. The summed E-state index contributed by atoms with van der Waals surface area (Å²) in [5.41, 5.74) is 0.152. The number of hydrogen-bond acceptors (Lipinski definition) is 5. The van der Waals surface area contributed by atoms with E-state index >= 15 is 0 Å². The topological polar surface area (TPSA) is 54.9 Å². The van der Waals surface area contributed by atoms with Gasteiger partial charge >= 0.3 is 12.3 Å². The van der Waals surface area contributed by atoms with Crippen molar-refractivity contribution in [1.29, 1.82) is 0 Å². The number of halogens is 4. The molecular formula is C23H19ClF3N3O3. The molecule has 172 valence electrons. The number of alkyl halides is 3. The molecule has 6 nitrogen and oxygen atoms in total. The van der Waals surface area contributed by atoms with Gasteiger partial charge in [0.2, 0.25) is 5.88 Å². The molecule has 0 N–H and O–H groups in total. The highest BCUT2D eigenvalue weighted by molar-refractivity contribution is 6.30. The van der Waals surface area contributed by atoms with Crippen LogP contribution in [0.5, 0.6) is 17.4 Å². The second-order valence-electron chi connectivity index (χ2n) is 7.28. The second-order valence-corrected chi connectivity index (χ2v) is 7.71. The highest BCUT2D eigenvalue weighted by Crippen LogP contribution is 2.30. The van der Waals surface area contributed by atoms with Crippen molar-refractivity contribution < 1.29 is 27.4 Å². The van der Waals surface area contributed by atoms with Gasteiger partial charge in [-0.25, -0.2) is 9.78 Å². The summed E-state index contributed by atoms with van der Waals surface area (Å²) in [5, 5.41) is 0.663. The molecule has 0 unspecified atom stereocenters. The van der Waals surface area contributed by atoms with Crippen molar-refractivity contribution in [3.63, 3.8) is 0 Å². The van der Waals surface area contributed by atoms with Crippen LogP contribution in [0.1, 0.15) is 5.56 Å². The van der Waals surface area contributed by atoms with Gasteiger partial charge in [-0.1, -0.05) is 17.7 Å². The maximum atomic E-state index is 12.6. The number of pyridine rings is 1. The molecule has 3 aromatic rings. The molecule has 0 aliphatic carbocycles. The summed E-state index contributed by atoms with van der Waals surface area (Å²) in [6, 6.07) is 15.8.